The largest absolute Gasteiger partial charge is 0.480 e. The van der Waals surface area contributed by atoms with Gasteiger partial charge in [-0.05, 0) is 38.5 Å². The van der Waals surface area contributed by atoms with Crippen LogP contribution in [0, 0.1) is 13.8 Å². The molecular weight excluding hydrogens is 350 g/mol. The Balaban J connectivity index is 2.52. The Labute approximate surface area is 157 Å². The van der Waals surface area contributed by atoms with E-state index in [9.17, 15) is 4.79 Å². The van der Waals surface area contributed by atoms with Crippen LogP contribution in [-0.4, -0.2) is 24.7 Å². The second kappa shape index (κ2) is 7.34. The smallest absolute Gasteiger partial charge is 0.344 e. The van der Waals surface area contributed by atoms with Crippen molar-refractivity contribution in [2.75, 3.05) is 13.7 Å². The number of fused-ring (bicyclic) bond motifs is 1. The summed E-state index contributed by atoms with van der Waals surface area (Å²) in [6, 6.07) is 11.5. The van der Waals surface area contributed by atoms with Gasteiger partial charge in [0.2, 0.25) is 5.88 Å². The molecule has 3 rings (SSSR count). The van der Waals surface area contributed by atoms with Gasteiger partial charge in [0.1, 0.15) is 5.56 Å². The van der Waals surface area contributed by atoms with E-state index in [2.05, 4.69) is 11.1 Å². The lowest BCUT2D eigenvalue weighted by Crippen LogP contribution is -2.11. The highest BCUT2D eigenvalue weighted by Gasteiger charge is 2.26. The molecule has 1 heterocycles. The summed E-state index contributed by atoms with van der Waals surface area (Å²) in [4.78, 5) is 17.3. The third kappa shape index (κ3) is 3.13. The van der Waals surface area contributed by atoms with Crippen LogP contribution in [-0.2, 0) is 4.74 Å². The first kappa shape index (κ1) is 18.2. The molecule has 134 valence electrons. The van der Waals surface area contributed by atoms with E-state index in [0.29, 0.717) is 16.1 Å². The Morgan fingerprint density at radius 1 is 1.19 bits per heavy atom. The minimum absolute atomic E-state index is 0.234. The number of esters is 1. The number of carbonyl (C=O) groups excluding carboxylic acids is 1. The van der Waals surface area contributed by atoms with Crippen LogP contribution >= 0.6 is 11.6 Å². The number of benzene rings is 2. The Morgan fingerprint density at radius 3 is 2.58 bits per heavy atom. The molecule has 0 radical (unpaired) electrons. The second-order valence-electron chi connectivity index (χ2n) is 6.05. The Kier molecular flexibility index (Phi) is 5.14. The molecule has 4 nitrogen and oxygen atoms in total. The fraction of sp³-hybridized carbons (Fsp3) is 0.238. The van der Waals surface area contributed by atoms with E-state index in [-0.39, 0.29) is 12.5 Å². The number of methoxy groups -OCH3 is 1. The van der Waals surface area contributed by atoms with Crippen molar-refractivity contribution in [1.29, 1.82) is 0 Å². The van der Waals surface area contributed by atoms with Gasteiger partial charge in [0.25, 0.3) is 0 Å². The van der Waals surface area contributed by atoms with Gasteiger partial charge in [0.15, 0.2) is 0 Å². The zero-order chi connectivity index (χ0) is 18.8. The van der Waals surface area contributed by atoms with Crippen molar-refractivity contribution in [3.8, 4) is 17.0 Å². The number of hydrogen-bond donors (Lipinski definition) is 0. The molecule has 2 aromatic carbocycles. The van der Waals surface area contributed by atoms with Gasteiger partial charge in [0, 0.05) is 21.5 Å². The standard InChI is InChI=1S/C21H20ClNO3/c1-5-26-21(24)18-17(14-8-6-7-9-16(14)22)15-11-12(2)10-13(3)19(15)23-20(18)25-4/h6-11H,5H2,1-4H3. The molecule has 0 amide bonds. The highest BCUT2D eigenvalue weighted by molar-refractivity contribution is 6.34. The highest BCUT2D eigenvalue weighted by Crippen LogP contribution is 2.40. The summed E-state index contributed by atoms with van der Waals surface area (Å²) in [5.74, 6) is -0.245. The Hall–Kier alpha value is -2.59. The van der Waals surface area contributed by atoms with E-state index in [1.54, 1.807) is 13.0 Å². The van der Waals surface area contributed by atoms with Crippen LogP contribution < -0.4 is 4.74 Å². The predicted octanol–water partition coefficient (Wildman–Crippen LogP) is 5.36. The van der Waals surface area contributed by atoms with Gasteiger partial charge in [-0.3, -0.25) is 0 Å². The molecule has 0 spiro atoms. The van der Waals surface area contributed by atoms with Crippen LogP contribution in [0.5, 0.6) is 5.88 Å². The van der Waals surface area contributed by atoms with Crippen molar-refractivity contribution in [2.24, 2.45) is 0 Å². The molecule has 0 N–H and O–H groups in total. The van der Waals surface area contributed by atoms with Crippen LogP contribution in [0.1, 0.15) is 28.4 Å². The summed E-state index contributed by atoms with van der Waals surface area (Å²) in [5, 5.41) is 1.39. The Bertz CT molecular complexity index is 998. The van der Waals surface area contributed by atoms with Crippen molar-refractivity contribution < 1.29 is 14.3 Å². The number of pyridine rings is 1. The van der Waals surface area contributed by atoms with Gasteiger partial charge in [-0.15, -0.1) is 0 Å². The van der Waals surface area contributed by atoms with Crippen molar-refractivity contribution in [3.05, 3.63) is 58.1 Å². The van der Waals surface area contributed by atoms with Gasteiger partial charge in [0.05, 0.1) is 19.2 Å². The third-order valence-electron chi connectivity index (χ3n) is 4.21. The van der Waals surface area contributed by atoms with Crippen LogP contribution in [0.3, 0.4) is 0 Å². The first-order chi connectivity index (χ1) is 12.5. The number of halogens is 1. The quantitative estimate of drug-likeness (QED) is 0.581. The molecule has 0 aliphatic carbocycles. The number of nitrogens with zero attached hydrogens (tertiary/aromatic N) is 1. The minimum atomic E-state index is -0.479. The molecule has 3 aromatic rings. The van der Waals surface area contributed by atoms with E-state index >= 15 is 0 Å². The SMILES string of the molecule is CCOC(=O)c1c(OC)nc2c(C)cc(C)cc2c1-c1ccccc1Cl. The fourth-order valence-corrected chi connectivity index (χ4v) is 3.41. The van der Waals surface area contributed by atoms with Gasteiger partial charge in [-0.25, -0.2) is 9.78 Å². The zero-order valence-electron chi connectivity index (χ0n) is 15.2. The van der Waals surface area contributed by atoms with Crippen LogP contribution in [0.25, 0.3) is 22.0 Å². The number of hydrogen-bond acceptors (Lipinski definition) is 4. The van der Waals surface area contributed by atoms with Gasteiger partial charge in [-0.1, -0.05) is 41.4 Å². The van der Waals surface area contributed by atoms with E-state index in [0.717, 1.165) is 27.6 Å². The topological polar surface area (TPSA) is 48.4 Å². The number of rotatable bonds is 4. The van der Waals surface area contributed by atoms with Gasteiger partial charge in [-0.2, -0.15) is 0 Å². The lowest BCUT2D eigenvalue weighted by Gasteiger charge is -2.17. The van der Waals surface area contributed by atoms with Crippen LogP contribution in [0.4, 0.5) is 0 Å². The molecule has 0 aliphatic heterocycles. The highest BCUT2D eigenvalue weighted by atomic mass is 35.5. The summed E-state index contributed by atoms with van der Waals surface area (Å²) in [5.41, 5.74) is 4.57. The fourth-order valence-electron chi connectivity index (χ4n) is 3.18. The molecule has 1 aromatic heterocycles. The minimum Gasteiger partial charge on any atom is -0.480 e. The van der Waals surface area contributed by atoms with Crippen LogP contribution in [0.2, 0.25) is 5.02 Å². The summed E-state index contributed by atoms with van der Waals surface area (Å²) < 4.78 is 10.7. The van der Waals surface area contributed by atoms with E-state index in [1.807, 2.05) is 38.1 Å². The molecular formula is C21H20ClNO3. The summed E-state index contributed by atoms with van der Waals surface area (Å²) >= 11 is 6.47. The average molecular weight is 370 g/mol. The molecule has 26 heavy (non-hydrogen) atoms. The lowest BCUT2D eigenvalue weighted by molar-refractivity contribution is 0.0523. The first-order valence-corrected chi connectivity index (χ1v) is 8.76. The molecule has 0 unspecified atom stereocenters. The second-order valence-corrected chi connectivity index (χ2v) is 6.46. The summed E-state index contributed by atoms with van der Waals surface area (Å²) in [6.07, 6.45) is 0. The van der Waals surface area contributed by atoms with E-state index in [1.165, 1.54) is 7.11 Å². The molecule has 5 heteroatoms. The van der Waals surface area contributed by atoms with Crippen molar-refractivity contribution in [1.82, 2.24) is 4.98 Å². The molecule has 0 bridgehead atoms. The van der Waals surface area contributed by atoms with E-state index < -0.39 is 5.97 Å². The maximum absolute atomic E-state index is 12.8. The van der Waals surface area contributed by atoms with Crippen molar-refractivity contribution in [3.63, 3.8) is 0 Å². The van der Waals surface area contributed by atoms with Crippen molar-refractivity contribution >= 4 is 28.5 Å². The molecule has 0 saturated carbocycles. The van der Waals surface area contributed by atoms with Crippen LogP contribution in [0.15, 0.2) is 36.4 Å². The number of ether oxygens (including phenoxy) is 2. The first-order valence-electron chi connectivity index (χ1n) is 8.38. The normalized spacial score (nSPS) is 10.8. The average Bonchev–Trinajstić information content (AvgIpc) is 2.61. The number of aryl methyl sites for hydroxylation is 2. The predicted molar refractivity (Wildman–Crippen MR) is 104 cm³/mol. The number of aromatic nitrogens is 1. The lowest BCUT2D eigenvalue weighted by atomic mass is 9.93. The van der Waals surface area contributed by atoms with E-state index in [4.69, 9.17) is 21.1 Å². The van der Waals surface area contributed by atoms with Gasteiger partial charge >= 0.3 is 5.97 Å². The summed E-state index contributed by atoms with van der Waals surface area (Å²) in [7, 11) is 1.50. The molecule has 0 atom stereocenters. The molecule has 0 aliphatic rings. The maximum Gasteiger partial charge on any atom is 0.344 e. The third-order valence-corrected chi connectivity index (χ3v) is 4.54. The summed E-state index contributed by atoms with van der Waals surface area (Å²) in [6.45, 7) is 6.02. The zero-order valence-corrected chi connectivity index (χ0v) is 16.0. The molecule has 0 saturated heterocycles. The Morgan fingerprint density at radius 2 is 1.92 bits per heavy atom. The van der Waals surface area contributed by atoms with Crippen molar-refractivity contribution in [2.45, 2.75) is 20.8 Å². The maximum atomic E-state index is 12.8. The monoisotopic (exact) mass is 369 g/mol. The number of carbonyl (C=O) groups is 1. The molecule has 0 fully saturated rings. The van der Waals surface area contributed by atoms with Gasteiger partial charge < -0.3 is 9.47 Å².